The molecule has 1 aromatic heterocycles. The van der Waals surface area contributed by atoms with Crippen molar-refractivity contribution in [3.8, 4) is 0 Å². The molecule has 96 valence electrons. The van der Waals surface area contributed by atoms with Gasteiger partial charge in [0.1, 0.15) is 11.6 Å². The van der Waals surface area contributed by atoms with Gasteiger partial charge in [-0.1, -0.05) is 13.8 Å². The molecule has 0 unspecified atom stereocenters. The van der Waals surface area contributed by atoms with Crippen molar-refractivity contribution in [2.24, 2.45) is 0 Å². The Labute approximate surface area is 104 Å². The van der Waals surface area contributed by atoms with Gasteiger partial charge in [-0.2, -0.15) is 0 Å². The maximum atomic E-state index is 4.53. The zero-order valence-corrected chi connectivity index (χ0v) is 11.5. The molecule has 0 saturated carbocycles. The van der Waals surface area contributed by atoms with E-state index in [-0.39, 0.29) is 0 Å². The summed E-state index contributed by atoms with van der Waals surface area (Å²) in [5.74, 6) is 1.85. The highest BCUT2D eigenvalue weighted by Crippen LogP contribution is 2.07. The standard InChI is InChI=1S/C13H24N4/c1-5-7-14-12-9-11(3)15-13(16-12)10-17(4)8-6-2/h9H,5-8,10H2,1-4H3,(H,14,15,16). The van der Waals surface area contributed by atoms with E-state index < -0.39 is 0 Å². The summed E-state index contributed by atoms with van der Waals surface area (Å²) in [5.41, 5.74) is 1.03. The van der Waals surface area contributed by atoms with Gasteiger partial charge < -0.3 is 5.32 Å². The van der Waals surface area contributed by atoms with Crippen LogP contribution in [0.3, 0.4) is 0 Å². The fraction of sp³-hybridized carbons (Fsp3) is 0.692. The summed E-state index contributed by atoms with van der Waals surface area (Å²) >= 11 is 0. The monoisotopic (exact) mass is 236 g/mol. The Balaban J connectivity index is 2.67. The first-order chi connectivity index (χ1) is 8.15. The second-order valence-electron chi connectivity index (χ2n) is 4.48. The Morgan fingerprint density at radius 3 is 2.65 bits per heavy atom. The van der Waals surface area contributed by atoms with Crippen LogP contribution in [0.5, 0.6) is 0 Å². The smallest absolute Gasteiger partial charge is 0.144 e. The number of hydrogen-bond donors (Lipinski definition) is 1. The largest absolute Gasteiger partial charge is 0.370 e. The molecule has 4 nitrogen and oxygen atoms in total. The molecule has 0 aromatic carbocycles. The predicted octanol–water partition coefficient (Wildman–Crippen LogP) is 2.45. The number of aryl methyl sites for hydroxylation is 1. The van der Waals surface area contributed by atoms with Gasteiger partial charge in [-0.3, -0.25) is 4.90 Å². The van der Waals surface area contributed by atoms with E-state index in [1.807, 2.05) is 13.0 Å². The molecule has 0 bridgehead atoms. The molecule has 0 fully saturated rings. The molecule has 1 aromatic rings. The Bertz CT molecular complexity index is 338. The minimum Gasteiger partial charge on any atom is -0.370 e. The highest BCUT2D eigenvalue weighted by Gasteiger charge is 2.04. The molecular formula is C13H24N4. The van der Waals surface area contributed by atoms with Crippen LogP contribution < -0.4 is 5.32 Å². The maximum absolute atomic E-state index is 4.53. The van der Waals surface area contributed by atoms with Crippen molar-refractivity contribution in [3.63, 3.8) is 0 Å². The second-order valence-corrected chi connectivity index (χ2v) is 4.48. The molecule has 17 heavy (non-hydrogen) atoms. The van der Waals surface area contributed by atoms with E-state index in [0.717, 1.165) is 49.8 Å². The van der Waals surface area contributed by atoms with E-state index in [9.17, 15) is 0 Å². The van der Waals surface area contributed by atoms with E-state index in [2.05, 4.69) is 41.1 Å². The summed E-state index contributed by atoms with van der Waals surface area (Å²) < 4.78 is 0. The van der Waals surface area contributed by atoms with E-state index in [0.29, 0.717) is 0 Å². The zero-order valence-electron chi connectivity index (χ0n) is 11.5. The van der Waals surface area contributed by atoms with Crippen LogP contribution in [0.2, 0.25) is 0 Å². The van der Waals surface area contributed by atoms with Gasteiger partial charge in [-0.25, -0.2) is 9.97 Å². The molecular weight excluding hydrogens is 212 g/mol. The van der Waals surface area contributed by atoms with Gasteiger partial charge in [-0.15, -0.1) is 0 Å². The average molecular weight is 236 g/mol. The van der Waals surface area contributed by atoms with E-state index in [1.165, 1.54) is 0 Å². The third-order valence-corrected chi connectivity index (χ3v) is 2.47. The molecule has 1 heterocycles. The molecule has 0 amide bonds. The minimum atomic E-state index is 0.816. The minimum absolute atomic E-state index is 0.816. The quantitative estimate of drug-likeness (QED) is 0.789. The number of nitrogens with zero attached hydrogens (tertiary/aromatic N) is 3. The molecule has 0 spiro atoms. The number of anilines is 1. The van der Waals surface area contributed by atoms with Gasteiger partial charge in [0.05, 0.1) is 6.54 Å². The van der Waals surface area contributed by atoms with Gasteiger partial charge >= 0.3 is 0 Å². The number of rotatable bonds is 7. The zero-order chi connectivity index (χ0) is 12.7. The lowest BCUT2D eigenvalue weighted by Crippen LogP contribution is -2.20. The van der Waals surface area contributed by atoms with Gasteiger partial charge in [0.25, 0.3) is 0 Å². The SMILES string of the molecule is CCCNc1cc(C)nc(CN(C)CCC)n1. The first-order valence-corrected chi connectivity index (χ1v) is 6.42. The fourth-order valence-electron chi connectivity index (χ4n) is 1.75. The summed E-state index contributed by atoms with van der Waals surface area (Å²) in [5, 5.41) is 3.31. The Morgan fingerprint density at radius 2 is 2.00 bits per heavy atom. The lowest BCUT2D eigenvalue weighted by molar-refractivity contribution is 0.319. The number of aromatic nitrogens is 2. The van der Waals surface area contributed by atoms with Crippen LogP contribution in [-0.2, 0) is 6.54 Å². The van der Waals surface area contributed by atoms with Crippen LogP contribution in [0.1, 0.15) is 38.2 Å². The number of nitrogens with one attached hydrogen (secondary N) is 1. The maximum Gasteiger partial charge on any atom is 0.144 e. The highest BCUT2D eigenvalue weighted by atomic mass is 15.1. The summed E-state index contributed by atoms with van der Waals surface area (Å²) in [7, 11) is 2.11. The van der Waals surface area contributed by atoms with Gasteiger partial charge in [0, 0.05) is 18.3 Å². The lowest BCUT2D eigenvalue weighted by atomic mass is 10.3. The summed E-state index contributed by atoms with van der Waals surface area (Å²) in [6.07, 6.45) is 2.26. The van der Waals surface area contributed by atoms with Gasteiger partial charge in [0.2, 0.25) is 0 Å². The van der Waals surface area contributed by atoms with Gasteiger partial charge in [-0.05, 0) is 33.4 Å². The Kier molecular flexibility index (Phi) is 5.91. The first kappa shape index (κ1) is 13.9. The van der Waals surface area contributed by atoms with Crippen molar-refractivity contribution >= 4 is 5.82 Å². The molecule has 0 aliphatic rings. The van der Waals surface area contributed by atoms with E-state index in [4.69, 9.17) is 0 Å². The summed E-state index contributed by atoms with van der Waals surface area (Å²) in [6, 6.07) is 2.00. The van der Waals surface area contributed by atoms with Crippen molar-refractivity contribution in [2.45, 2.75) is 40.2 Å². The second kappa shape index (κ2) is 7.22. The summed E-state index contributed by atoms with van der Waals surface area (Å²) in [6.45, 7) is 9.20. The van der Waals surface area contributed by atoms with Gasteiger partial charge in [0.15, 0.2) is 0 Å². The van der Waals surface area contributed by atoms with Crippen LogP contribution in [0.15, 0.2) is 6.07 Å². The van der Waals surface area contributed by atoms with Crippen LogP contribution in [-0.4, -0.2) is 35.0 Å². The van der Waals surface area contributed by atoms with Crippen molar-refractivity contribution in [3.05, 3.63) is 17.6 Å². The molecule has 1 N–H and O–H groups in total. The molecule has 4 heteroatoms. The molecule has 1 rings (SSSR count). The first-order valence-electron chi connectivity index (χ1n) is 6.42. The number of hydrogen-bond acceptors (Lipinski definition) is 4. The van der Waals surface area contributed by atoms with E-state index >= 15 is 0 Å². The third kappa shape index (κ3) is 5.13. The van der Waals surface area contributed by atoms with Crippen molar-refractivity contribution < 1.29 is 0 Å². The lowest BCUT2D eigenvalue weighted by Gasteiger charge is -2.15. The Morgan fingerprint density at radius 1 is 1.24 bits per heavy atom. The molecule has 0 radical (unpaired) electrons. The Hall–Kier alpha value is -1.16. The normalized spacial score (nSPS) is 10.9. The third-order valence-electron chi connectivity index (χ3n) is 2.47. The van der Waals surface area contributed by atoms with Crippen LogP contribution in [0.25, 0.3) is 0 Å². The van der Waals surface area contributed by atoms with E-state index in [1.54, 1.807) is 0 Å². The molecule has 0 atom stereocenters. The topological polar surface area (TPSA) is 41.1 Å². The average Bonchev–Trinajstić information content (AvgIpc) is 2.25. The van der Waals surface area contributed by atoms with Crippen molar-refractivity contribution in [1.82, 2.24) is 14.9 Å². The predicted molar refractivity (Wildman–Crippen MR) is 72.2 cm³/mol. The van der Waals surface area contributed by atoms with Crippen LogP contribution in [0.4, 0.5) is 5.82 Å². The fourth-order valence-corrected chi connectivity index (χ4v) is 1.75. The van der Waals surface area contributed by atoms with Crippen molar-refractivity contribution in [2.75, 3.05) is 25.5 Å². The summed E-state index contributed by atoms with van der Waals surface area (Å²) in [4.78, 5) is 11.2. The molecule has 0 aliphatic heterocycles. The molecule has 0 saturated heterocycles. The highest BCUT2D eigenvalue weighted by molar-refractivity contribution is 5.35. The van der Waals surface area contributed by atoms with Crippen molar-refractivity contribution in [1.29, 1.82) is 0 Å². The van der Waals surface area contributed by atoms with Crippen LogP contribution in [0, 0.1) is 6.92 Å². The molecule has 0 aliphatic carbocycles. The van der Waals surface area contributed by atoms with Crippen LogP contribution >= 0.6 is 0 Å².